The fourth-order valence-corrected chi connectivity index (χ4v) is 5.92. The summed E-state index contributed by atoms with van der Waals surface area (Å²) in [4.78, 5) is 43.9. The van der Waals surface area contributed by atoms with Gasteiger partial charge in [0.15, 0.2) is 0 Å². The van der Waals surface area contributed by atoms with Crippen molar-refractivity contribution < 1.29 is 19.1 Å². The topological polar surface area (TPSA) is 137 Å². The van der Waals surface area contributed by atoms with Crippen molar-refractivity contribution in [1.82, 2.24) is 9.55 Å². The first-order valence-corrected chi connectivity index (χ1v) is 12.2. The zero-order valence-electron chi connectivity index (χ0n) is 18.2. The molecule has 0 saturated heterocycles. The minimum Gasteiger partial charge on any atom is -0.462 e. The number of carbonyl (C=O) groups excluding carboxylic acids is 2. The SMILES string of the molecule is CCOC(=O)c1sc(N)c(C#N)c1COC(=O)c1sc2nc3n(c(=O)c2c1C)CCCCC3. The van der Waals surface area contributed by atoms with E-state index < -0.39 is 11.9 Å². The molecular weight excluding hydrogens is 464 g/mol. The number of nitrogens with zero attached hydrogens (tertiary/aromatic N) is 3. The van der Waals surface area contributed by atoms with Crippen LogP contribution >= 0.6 is 22.7 Å². The number of anilines is 1. The van der Waals surface area contributed by atoms with E-state index in [4.69, 9.17) is 15.2 Å². The highest BCUT2D eigenvalue weighted by molar-refractivity contribution is 7.20. The van der Waals surface area contributed by atoms with Crippen LogP contribution in [0.5, 0.6) is 0 Å². The van der Waals surface area contributed by atoms with E-state index in [-0.39, 0.29) is 44.7 Å². The average molecular weight is 487 g/mol. The lowest BCUT2D eigenvalue weighted by Crippen LogP contribution is -2.24. The van der Waals surface area contributed by atoms with Crippen LogP contribution in [0.3, 0.4) is 0 Å². The number of nitrogen functional groups attached to an aromatic ring is 1. The average Bonchev–Trinajstić information content (AvgIpc) is 3.17. The van der Waals surface area contributed by atoms with Gasteiger partial charge in [-0.2, -0.15) is 5.26 Å². The third-order valence-electron chi connectivity index (χ3n) is 5.55. The van der Waals surface area contributed by atoms with Crippen LogP contribution in [0.15, 0.2) is 4.79 Å². The number of ether oxygens (including phenoxy) is 2. The fourth-order valence-electron chi connectivity index (χ4n) is 3.91. The van der Waals surface area contributed by atoms with Gasteiger partial charge in [-0.05, 0) is 32.3 Å². The van der Waals surface area contributed by atoms with Crippen LogP contribution in [0.1, 0.15) is 68.0 Å². The molecule has 0 radical (unpaired) electrons. The Kier molecular flexibility index (Phi) is 6.49. The number of aryl methyl sites for hydroxylation is 2. The molecule has 0 aliphatic carbocycles. The summed E-state index contributed by atoms with van der Waals surface area (Å²) < 4.78 is 12.2. The maximum Gasteiger partial charge on any atom is 0.349 e. The molecular formula is C22H22N4O5S2. The molecule has 0 atom stereocenters. The van der Waals surface area contributed by atoms with Gasteiger partial charge < -0.3 is 15.2 Å². The molecule has 3 aromatic rings. The molecule has 0 spiro atoms. The first-order chi connectivity index (χ1) is 15.9. The first-order valence-electron chi connectivity index (χ1n) is 10.6. The molecule has 0 amide bonds. The summed E-state index contributed by atoms with van der Waals surface area (Å²) >= 11 is 2.04. The van der Waals surface area contributed by atoms with Crippen molar-refractivity contribution in [3.63, 3.8) is 0 Å². The van der Waals surface area contributed by atoms with Crippen LogP contribution in [0.4, 0.5) is 5.00 Å². The van der Waals surface area contributed by atoms with Crippen molar-refractivity contribution >= 4 is 49.8 Å². The number of esters is 2. The Morgan fingerprint density at radius 1 is 1.18 bits per heavy atom. The second kappa shape index (κ2) is 9.33. The summed E-state index contributed by atoms with van der Waals surface area (Å²) in [6, 6.07) is 1.96. The number of rotatable bonds is 5. The number of nitrogens with two attached hydrogens (primary N) is 1. The molecule has 0 bridgehead atoms. The quantitative estimate of drug-likeness (QED) is 0.541. The van der Waals surface area contributed by atoms with Gasteiger partial charge >= 0.3 is 11.9 Å². The predicted octanol–water partition coefficient (Wildman–Crippen LogP) is 3.54. The standard InChI is InChI=1S/C22H22N4O5S2/c1-3-30-22(29)17-13(12(9-23)18(24)32-17)10-31-21(28)16-11(2)15-19(33-16)25-14-7-5-4-6-8-26(14)20(15)27/h3-8,10,24H2,1-2H3. The summed E-state index contributed by atoms with van der Waals surface area (Å²) in [6.07, 6.45) is 3.69. The molecule has 33 heavy (non-hydrogen) atoms. The van der Waals surface area contributed by atoms with Crippen molar-refractivity contribution in [2.45, 2.75) is 52.7 Å². The van der Waals surface area contributed by atoms with Crippen molar-refractivity contribution in [3.8, 4) is 6.07 Å². The summed E-state index contributed by atoms with van der Waals surface area (Å²) in [5, 5.41) is 10.0. The molecule has 1 aliphatic rings. The number of hydrogen-bond acceptors (Lipinski definition) is 10. The Hall–Kier alpha value is -3.23. The molecule has 1 aliphatic heterocycles. The molecule has 172 valence electrons. The zero-order valence-corrected chi connectivity index (χ0v) is 19.9. The Labute approximate surface area is 197 Å². The van der Waals surface area contributed by atoms with Crippen LogP contribution in [0.2, 0.25) is 0 Å². The monoisotopic (exact) mass is 486 g/mol. The second-order valence-electron chi connectivity index (χ2n) is 7.59. The largest absolute Gasteiger partial charge is 0.462 e. The highest BCUT2D eigenvalue weighted by atomic mass is 32.1. The van der Waals surface area contributed by atoms with Crippen molar-refractivity contribution in [2.24, 2.45) is 0 Å². The molecule has 4 heterocycles. The maximum absolute atomic E-state index is 13.1. The van der Waals surface area contributed by atoms with Gasteiger partial charge in [0.05, 0.1) is 17.6 Å². The van der Waals surface area contributed by atoms with Crippen molar-refractivity contribution in [3.05, 3.63) is 42.6 Å². The van der Waals surface area contributed by atoms with Crippen LogP contribution in [0, 0.1) is 18.3 Å². The number of fused-ring (bicyclic) bond motifs is 2. The number of hydrogen-bond donors (Lipinski definition) is 1. The van der Waals surface area contributed by atoms with Crippen molar-refractivity contribution in [2.75, 3.05) is 12.3 Å². The van der Waals surface area contributed by atoms with Gasteiger partial charge in [0.2, 0.25) is 0 Å². The Bertz CT molecular complexity index is 1360. The van der Waals surface area contributed by atoms with E-state index in [0.717, 1.165) is 54.2 Å². The van der Waals surface area contributed by atoms with E-state index >= 15 is 0 Å². The van der Waals surface area contributed by atoms with E-state index in [0.29, 0.717) is 22.3 Å². The minimum atomic E-state index is -0.654. The van der Waals surface area contributed by atoms with Crippen LogP contribution in [0.25, 0.3) is 10.2 Å². The van der Waals surface area contributed by atoms with E-state index in [2.05, 4.69) is 4.98 Å². The summed E-state index contributed by atoms with van der Waals surface area (Å²) in [5.41, 5.74) is 6.57. The lowest BCUT2D eigenvalue weighted by Gasteiger charge is -2.08. The molecule has 9 nitrogen and oxygen atoms in total. The van der Waals surface area contributed by atoms with Crippen molar-refractivity contribution in [1.29, 1.82) is 5.26 Å². The van der Waals surface area contributed by atoms with Gasteiger partial charge in [-0.15, -0.1) is 22.7 Å². The van der Waals surface area contributed by atoms with Gasteiger partial charge in [-0.3, -0.25) is 9.36 Å². The Balaban J connectivity index is 1.65. The lowest BCUT2D eigenvalue weighted by atomic mass is 10.1. The molecule has 4 rings (SSSR count). The van der Waals surface area contributed by atoms with E-state index in [1.807, 2.05) is 6.07 Å². The highest BCUT2D eigenvalue weighted by Crippen LogP contribution is 2.33. The molecule has 0 fully saturated rings. The zero-order chi connectivity index (χ0) is 23.7. The van der Waals surface area contributed by atoms with E-state index in [9.17, 15) is 19.6 Å². The first kappa shape index (κ1) is 22.9. The molecule has 2 N–H and O–H groups in total. The number of carbonyl (C=O) groups is 2. The molecule has 3 aromatic heterocycles. The van der Waals surface area contributed by atoms with Crippen LogP contribution in [-0.4, -0.2) is 28.1 Å². The highest BCUT2D eigenvalue weighted by Gasteiger charge is 2.26. The van der Waals surface area contributed by atoms with Crippen LogP contribution in [-0.2, 0) is 29.0 Å². The van der Waals surface area contributed by atoms with Crippen LogP contribution < -0.4 is 11.3 Å². The number of nitriles is 1. The number of aromatic nitrogens is 2. The Morgan fingerprint density at radius 2 is 1.94 bits per heavy atom. The minimum absolute atomic E-state index is 0.0903. The fraction of sp³-hybridized carbons (Fsp3) is 0.409. The van der Waals surface area contributed by atoms with Gasteiger partial charge in [-0.1, -0.05) is 6.42 Å². The normalized spacial score (nSPS) is 13.2. The summed E-state index contributed by atoms with van der Waals surface area (Å²) in [6.45, 7) is 3.83. The predicted molar refractivity (Wildman–Crippen MR) is 125 cm³/mol. The third-order valence-corrected chi connectivity index (χ3v) is 7.76. The van der Waals surface area contributed by atoms with Gasteiger partial charge in [0.25, 0.3) is 5.56 Å². The van der Waals surface area contributed by atoms with Gasteiger partial charge in [-0.25, -0.2) is 14.6 Å². The molecule has 0 unspecified atom stereocenters. The van der Waals surface area contributed by atoms with E-state index in [1.165, 1.54) is 0 Å². The van der Waals surface area contributed by atoms with Gasteiger partial charge in [0.1, 0.15) is 38.1 Å². The second-order valence-corrected chi connectivity index (χ2v) is 9.64. The number of thiophene rings is 2. The maximum atomic E-state index is 13.1. The third kappa shape index (κ3) is 4.12. The molecule has 0 aromatic carbocycles. The smallest absolute Gasteiger partial charge is 0.349 e. The van der Waals surface area contributed by atoms with E-state index in [1.54, 1.807) is 18.4 Å². The summed E-state index contributed by atoms with van der Waals surface area (Å²) in [7, 11) is 0. The van der Waals surface area contributed by atoms with Gasteiger partial charge in [0, 0.05) is 18.5 Å². The Morgan fingerprint density at radius 3 is 2.67 bits per heavy atom. The molecule has 11 heteroatoms. The lowest BCUT2D eigenvalue weighted by molar-refractivity contribution is 0.0456. The summed E-state index contributed by atoms with van der Waals surface area (Å²) in [5.74, 6) is -0.533. The molecule has 0 saturated carbocycles.